The summed E-state index contributed by atoms with van der Waals surface area (Å²) in [5.41, 5.74) is 2.48. The molecule has 2 aromatic rings. The lowest BCUT2D eigenvalue weighted by Gasteiger charge is -2.15. The van der Waals surface area contributed by atoms with E-state index in [0.717, 1.165) is 35.4 Å². The number of benzene rings is 1. The number of aromatic nitrogens is 1. The molecule has 1 aromatic heterocycles. The van der Waals surface area contributed by atoms with E-state index in [-0.39, 0.29) is 6.61 Å². The third-order valence-corrected chi connectivity index (χ3v) is 4.54. The van der Waals surface area contributed by atoms with Gasteiger partial charge in [0.05, 0.1) is 5.52 Å². The molecule has 1 fully saturated rings. The molecule has 0 unspecified atom stereocenters. The van der Waals surface area contributed by atoms with Gasteiger partial charge in [0.25, 0.3) is 0 Å². The topological polar surface area (TPSA) is 45.1 Å². The fraction of sp³-hybridized carbons (Fsp3) is 0.438. The van der Waals surface area contributed by atoms with Crippen LogP contribution < -0.4 is 5.32 Å². The van der Waals surface area contributed by atoms with Gasteiger partial charge in [-0.05, 0) is 48.4 Å². The number of nitrogens with one attached hydrogen (secondary N) is 1. The number of rotatable bonds is 6. The Morgan fingerprint density at radius 1 is 1.30 bits per heavy atom. The van der Waals surface area contributed by atoms with Crippen molar-refractivity contribution in [2.24, 2.45) is 5.41 Å². The van der Waals surface area contributed by atoms with E-state index < -0.39 is 0 Å². The number of nitrogens with zero attached hydrogens (tertiary/aromatic N) is 1. The monoisotopic (exact) mass is 290 g/mol. The van der Waals surface area contributed by atoms with Crippen molar-refractivity contribution in [2.75, 3.05) is 13.2 Å². The minimum atomic E-state index is 0.285. The van der Waals surface area contributed by atoms with Crippen LogP contribution in [0.1, 0.15) is 24.8 Å². The highest BCUT2D eigenvalue weighted by molar-refractivity contribution is 6.35. The van der Waals surface area contributed by atoms with Crippen molar-refractivity contribution in [2.45, 2.75) is 25.8 Å². The second kappa shape index (κ2) is 5.68. The van der Waals surface area contributed by atoms with Crippen LogP contribution in [0, 0.1) is 5.41 Å². The SMILES string of the molecule is OCCC1(CNCc2ccc(Cl)c3cccnc23)CC1. The van der Waals surface area contributed by atoms with Crippen LogP contribution in [-0.2, 0) is 6.54 Å². The zero-order valence-electron chi connectivity index (χ0n) is 11.4. The third kappa shape index (κ3) is 2.80. The summed E-state index contributed by atoms with van der Waals surface area (Å²) in [7, 11) is 0. The summed E-state index contributed by atoms with van der Waals surface area (Å²) in [5.74, 6) is 0. The van der Waals surface area contributed by atoms with Gasteiger partial charge in [-0.25, -0.2) is 0 Å². The van der Waals surface area contributed by atoms with E-state index in [9.17, 15) is 0 Å². The Kier molecular flexibility index (Phi) is 3.92. The Labute approximate surface area is 124 Å². The van der Waals surface area contributed by atoms with Crippen LogP contribution in [0.5, 0.6) is 0 Å². The molecule has 0 spiro atoms. The van der Waals surface area contributed by atoms with Gasteiger partial charge in [-0.15, -0.1) is 0 Å². The molecule has 1 heterocycles. The fourth-order valence-corrected chi connectivity index (χ4v) is 2.95. The van der Waals surface area contributed by atoms with Gasteiger partial charge >= 0.3 is 0 Å². The van der Waals surface area contributed by atoms with Gasteiger partial charge < -0.3 is 10.4 Å². The van der Waals surface area contributed by atoms with E-state index in [1.165, 1.54) is 18.4 Å². The smallest absolute Gasteiger partial charge is 0.0761 e. The molecule has 0 atom stereocenters. The van der Waals surface area contributed by atoms with Crippen molar-refractivity contribution >= 4 is 22.5 Å². The fourth-order valence-electron chi connectivity index (χ4n) is 2.73. The summed E-state index contributed by atoms with van der Waals surface area (Å²) >= 11 is 6.20. The summed E-state index contributed by atoms with van der Waals surface area (Å²) in [6.07, 6.45) is 5.15. The van der Waals surface area contributed by atoms with Crippen LogP contribution in [0.25, 0.3) is 10.9 Å². The van der Waals surface area contributed by atoms with Gasteiger partial charge in [-0.2, -0.15) is 0 Å². The molecular weight excluding hydrogens is 272 g/mol. The lowest BCUT2D eigenvalue weighted by molar-refractivity contribution is 0.245. The highest BCUT2D eigenvalue weighted by atomic mass is 35.5. The molecule has 1 aromatic carbocycles. The summed E-state index contributed by atoms with van der Waals surface area (Å²) in [4.78, 5) is 4.44. The molecule has 4 heteroatoms. The zero-order valence-corrected chi connectivity index (χ0v) is 12.2. The Balaban J connectivity index is 1.70. The molecule has 0 saturated heterocycles. The number of aliphatic hydroxyl groups excluding tert-OH is 1. The van der Waals surface area contributed by atoms with E-state index >= 15 is 0 Å². The second-order valence-electron chi connectivity index (χ2n) is 5.68. The largest absolute Gasteiger partial charge is 0.396 e. The van der Waals surface area contributed by atoms with Gasteiger partial charge in [-0.1, -0.05) is 17.7 Å². The van der Waals surface area contributed by atoms with Gasteiger partial charge in [0.15, 0.2) is 0 Å². The van der Waals surface area contributed by atoms with Crippen molar-refractivity contribution in [1.82, 2.24) is 10.3 Å². The van der Waals surface area contributed by atoms with Crippen molar-refractivity contribution in [3.63, 3.8) is 0 Å². The summed E-state index contributed by atoms with van der Waals surface area (Å²) < 4.78 is 0. The molecule has 3 nitrogen and oxygen atoms in total. The first-order valence-electron chi connectivity index (χ1n) is 7.08. The molecule has 0 aliphatic heterocycles. The minimum Gasteiger partial charge on any atom is -0.396 e. The van der Waals surface area contributed by atoms with Crippen LogP contribution in [-0.4, -0.2) is 23.2 Å². The lowest BCUT2D eigenvalue weighted by atomic mass is 10.0. The molecule has 106 valence electrons. The van der Waals surface area contributed by atoms with Crippen molar-refractivity contribution in [1.29, 1.82) is 0 Å². The number of fused-ring (bicyclic) bond motifs is 1. The van der Waals surface area contributed by atoms with E-state index in [1.54, 1.807) is 6.20 Å². The van der Waals surface area contributed by atoms with Crippen molar-refractivity contribution in [3.05, 3.63) is 41.0 Å². The van der Waals surface area contributed by atoms with Crippen LogP contribution >= 0.6 is 11.6 Å². The molecule has 3 rings (SSSR count). The number of hydrogen-bond acceptors (Lipinski definition) is 3. The van der Waals surface area contributed by atoms with Crippen LogP contribution in [0.4, 0.5) is 0 Å². The Morgan fingerprint density at radius 3 is 2.90 bits per heavy atom. The van der Waals surface area contributed by atoms with E-state index in [0.29, 0.717) is 5.41 Å². The molecule has 0 radical (unpaired) electrons. The van der Waals surface area contributed by atoms with Gasteiger partial charge in [-0.3, -0.25) is 4.98 Å². The van der Waals surface area contributed by atoms with Crippen LogP contribution in [0.2, 0.25) is 5.02 Å². The van der Waals surface area contributed by atoms with Crippen LogP contribution in [0.3, 0.4) is 0 Å². The third-order valence-electron chi connectivity index (χ3n) is 4.21. The van der Waals surface area contributed by atoms with E-state index in [4.69, 9.17) is 16.7 Å². The Bertz CT molecular complexity index is 610. The average molecular weight is 291 g/mol. The summed E-state index contributed by atoms with van der Waals surface area (Å²) in [6.45, 7) is 2.04. The van der Waals surface area contributed by atoms with Crippen molar-refractivity contribution < 1.29 is 5.11 Å². The zero-order chi connectivity index (χ0) is 14.0. The molecule has 20 heavy (non-hydrogen) atoms. The molecule has 1 saturated carbocycles. The molecule has 1 aliphatic rings. The molecular formula is C16H19ClN2O. The molecule has 0 amide bonds. The van der Waals surface area contributed by atoms with Crippen molar-refractivity contribution in [3.8, 4) is 0 Å². The maximum atomic E-state index is 9.08. The maximum absolute atomic E-state index is 9.08. The molecule has 2 N–H and O–H groups in total. The summed E-state index contributed by atoms with van der Waals surface area (Å²) in [5, 5.41) is 14.3. The highest BCUT2D eigenvalue weighted by Gasteiger charge is 2.41. The van der Waals surface area contributed by atoms with Gasteiger partial charge in [0, 0.05) is 36.3 Å². The maximum Gasteiger partial charge on any atom is 0.0761 e. The lowest BCUT2D eigenvalue weighted by Crippen LogP contribution is -2.24. The Morgan fingerprint density at radius 2 is 2.15 bits per heavy atom. The summed E-state index contributed by atoms with van der Waals surface area (Å²) in [6, 6.07) is 7.88. The van der Waals surface area contributed by atoms with Crippen LogP contribution in [0.15, 0.2) is 30.5 Å². The van der Waals surface area contributed by atoms with E-state index in [2.05, 4.69) is 10.3 Å². The van der Waals surface area contributed by atoms with Gasteiger partial charge in [0.1, 0.15) is 0 Å². The second-order valence-corrected chi connectivity index (χ2v) is 6.09. The first kappa shape index (κ1) is 13.8. The quantitative estimate of drug-likeness (QED) is 0.859. The first-order valence-corrected chi connectivity index (χ1v) is 7.46. The standard InChI is InChI=1S/C16H19ClN2O/c17-14-4-3-12(15-13(14)2-1-8-19-15)10-18-11-16(5-6-16)7-9-20/h1-4,8,18,20H,5-7,9-11H2. The van der Waals surface area contributed by atoms with E-state index in [1.807, 2.05) is 24.3 Å². The highest BCUT2D eigenvalue weighted by Crippen LogP contribution is 2.47. The number of hydrogen-bond donors (Lipinski definition) is 2. The number of aliphatic hydroxyl groups is 1. The predicted molar refractivity (Wildman–Crippen MR) is 81.8 cm³/mol. The minimum absolute atomic E-state index is 0.285. The first-order chi connectivity index (χ1) is 9.74. The van der Waals surface area contributed by atoms with Gasteiger partial charge in [0.2, 0.25) is 0 Å². The molecule has 0 bridgehead atoms. The Hall–Kier alpha value is -1.16. The normalized spacial score (nSPS) is 16.5. The predicted octanol–water partition coefficient (Wildman–Crippen LogP) is 3.14. The molecule has 1 aliphatic carbocycles. The number of pyridine rings is 1. The average Bonchev–Trinajstić information content (AvgIpc) is 3.22. The number of halogens is 1.